The van der Waals surface area contributed by atoms with E-state index in [1.807, 2.05) is 0 Å². The maximum absolute atomic E-state index is 12.7. The third-order valence-corrected chi connectivity index (χ3v) is 4.72. The van der Waals surface area contributed by atoms with Gasteiger partial charge in [-0.25, -0.2) is 9.59 Å². The second-order valence-electron chi connectivity index (χ2n) is 6.71. The van der Waals surface area contributed by atoms with Gasteiger partial charge in [0.2, 0.25) is 5.78 Å². The predicted octanol–water partition coefficient (Wildman–Crippen LogP) is 2.99. The number of ketones is 2. The number of methoxy groups -OCH3 is 1. The van der Waals surface area contributed by atoms with Crippen molar-refractivity contribution in [3.8, 4) is 0 Å². The number of carbonyl (C=O) groups excluding carboxylic acids is 4. The fourth-order valence-electron chi connectivity index (χ4n) is 3.36. The first-order valence-corrected chi connectivity index (χ1v) is 8.73. The average Bonchev–Trinajstić information content (AvgIpc) is 3.08. The smallest absolute Gasteiger partial charge is 0.355 e. The lowest BCUT2D eigenvalue weighted by Crippen LogP contribution is -2.26. The molecule has 2 aromatic rings. The summed E-state index contributed by atoms with van der Waals surface area (Å²) >= 11 is 0. The van der Waals surface area contributed by atoms with Crippen molar-refractivity contribution in [2.24, 2.45) is 0 Å². The molecule has 0 radical (unpaired) electrons. The minimum Gasteiger partial charge on any atom is -0.465 e. The van der Waals surface area contributed by atoms with Crippen LogP contribution in [0.15, 0.2) is 0 Å². The summed E-state index contributed by atoms with van der Waals surface area (Å²) in [5, 5.41) is 0. The summed E-state index contributed by atoms with van der Waals surface area (Å²) in [6.07, 6.45) is -1.10. The van der Waals surface area contributed by atoms with E-state index in [1.54, 1.807) is 27.7 Å². The van der Waals surface area contributed by atoms with Gasteiger partial charge in [0.05, 0.1) is 18.4 Å². The van der Waals surface area contributed by atoms with Crippen LogP contribution in [0, 0.1) is 27.7 Å². The monoisotopic (exact) mass is 388 g/mol. The van der Waals surface area contributed by atoms with Crippen LogP contribution in [0.3, 0.4) is 0 Å². The summed E-state index contributed by atoms with van der Waals surface area (Å²) in [7, 11) is 1.26. The zero-order valence-electron chi connectivity index (χ0n) is 17.0. The first-order chi connectivity index (χ1) is 13.0. The number of ether oxygens (including phenoxy) is 2. The van der Waals surface area contributed by atoms with Crippen molar-refractivity contribution in [2.45, 2.75) is 47.6 Å². The summed E-state index contributed by atoms with van der Waals surface area (Å²) in [5.74, 6) is -1.92. The van der Waals surface area contributed by atoms with Gasteiger partial charge in [0.15, 0.2) is 11.9 Å². The van der Waals surface area contributed by atoms with E-state index in [9.17, 15) is 19.2 Å². The van der Waals surface area contributed by atoms with Crippen LogP contribution >= 0.6 is 0 Å². The molecule has 0 aliphatic heterocycles. The van der Waals surface area contributed by atoms with Crippen LogP contribution < -0.4 is 0 Å². The normalized spacial score (nSPS) is 11.8. The Labute approximate surface area is 162 Å². The fourth-order valence-corrected chi connectivity index (χ4v) is 3.36. The van der Waals surface area contributed by atoms with E-state index in [2.05, 4.69) is 9.97 Å². The number of carbonyl (C=O) groups is 4. The van der Waals surface area contributed by atoms with Crippen molar-refractivity contribution >= 4 is 23.5 Å². The zero-order valence-corrected chi connectivity index (χ0v) is 17.0. The summed E-state index contributed by atoms with van der Waals surface area (Å²) in [6.45, 7) is 9.47. The largest absolute Gasteiger partial charge is 0.465 e. The van der Waals surface area contributed by atoms with E-state index < -0.39 is 23.8 Å². The fraction of sp³-hybridized carbons (Fsp3) is 0.400. The van der Waals surface area contributed by atoms with Gasteiger partial charge in [-0.3, -0.25) is 9.59 Å². The Morgan fingerprint density at radius 3 is 1.82 bits per heavy atom. The number of esters is 2. The van der Waals surface area contributed by atoms with Crippen LogP contribution in [-0.4, -0.2) is 46.7 Å². The van der Waals surface area contributed by atoms with Crippen LogP contribution in [-0.2, 0) is 9.47 Å². The number of aromatic nitrogens is 2. The number of nitrogens with one attached hydrogen (secondary N) is 2. The van der Waals surface area contributed by atoms with Gasteiger partial charge < -0.3 is 19.4 Å². The van der Waals surface area contributed by atoms with Crippen LogP contribution in [0.4, 0.5) is 0 Å². The van der Waals surface area contributed by atoms with E-state index in [4.69, 9.17) is 9.47 Å². The maximum atomic E-state index is 12.7. The van der Waals surface area contributed by atoms with Gasteiger partial charge in [0, 0.05) is 17.0 Å². The van der Waals surface area contributed by atoms with Crippen LogP contribution in [0.2, 0.25) is 0 Å². The highest BCUT2D eigenvalue weighted by Gasteiger charge is 2.29. The first kappa shape index (κ1) is 21.1. The van der Waals surface area contributed by atoms with Gasteiger partial charge in [0.1, 0.15) is 5.69 Å². The molecule has 2 aromatic heterocycles. The van der Waals surface area contributed by atoms with Gasteiger partial charge >= 0.3 is 11.9 Å². The predicted molar refractivity (Wildman–Crippen MR) is 101 cm³/mol. The lowest BCUT2D eigenvalue weighted by molar-refractivity contribution is 0.0311. The Hall–Kier alpha value is -3.16. The topological polar surface area (TPSA) is 118 Å². The molecule has 0 bridgehead atoms. The summed E-state index contributed by atoms with van der Waals surface area (Å²) in [4.78, 5) is 54.6. The van der Waals surface area contributed by atoms with E-state index in [-0.39, 0.29) is 22.7 Å². The Morgan fingerprint density at radius 1 is 0.821 bits per heavy atom. The van der Waals surface area contributed by atoms with Crippen LogP contribution in [0.25, 0.3) is 0 Å². The Kier molecular flexibility index (Phi) is 5.92. The van der Waals surface area contributed by atoms with Gasteiger partial charge in [0.25, 0.3) is 0 Å². The molecule has 150 valence electrons. The number of aryl methyl sites for hydroxylation is 2. The van der Waals surface area contributed by atoms with Crippen molar-refractivity contribution in [3.05, 3.63) is 45.0 Å². The molecule has 28 heavy (non-hydrogen) atoms. The van der Waals surface area contributed by atoms with Gasteiger partial charge in [-0.1, -0.05) is 0 Å². The highest BCUT2D eigenvalue weighted by Crippen LogP contribution is 2.23. The third kappa shape index (κ3) is 3.62. The Morgan fingerprint density at radius 2 is 1.32 bits per heavy atom. The molecule has 2 N–H and O–H groups in total. The van der Waals surface area contributed by atoms with Crippen LogP contribution in [0.5, 0.6) is 0 Å². The molecule has 0 saturated heterocycles. The highest BCUT2D eigenvalue weighted by molar-refractivity contribution is 6.05. The first-order valence-electron chi connectivity index (χ1n) is 8.73. The molecule has 2 heterocycles. The molecule has 0 fully saturated rings. The minimum atomic E-state index is -1.10. The van der Waals surface area contributed by atoms with Crippen molar-refractivity contribution in [3.63, 3.8) is 0 Å². The van der Waals surface area contributed by atoms with E-state index in [1.165, 1.54) is 21.0 Å². The molecular formula is C20H24N2O6. The van der Waals surface area contributed by atoms with E-state index in [0.29, 0.717) is 28.1 Å². The molecule has 0 unspecified atom stereocenters. The minimum absolute atomic E-state index is 0.136. The Balaban J connectivity index is 2.26. The Bertz CT molecular complexity index is 979. The molecule has 1 atom stereocenters. The van der Waals surface area contributed by atoms with E-state index >= 15 is 0 Å². The average molecular weight is 388 g/mol. The maximum Gasteiger partial charge on any atom is 0.355 e. The van der Waals surface area contributed by atoms with Gasteiger partial charge in [-0.05, 0) is 52.7 Å². The lowest BCUT2D eigenvalue weighted by atomic mass is 10.1. The number of rotatable bonds is 6. The SMILES string of the molecule is COC(=O)c1c(C)[nH]c(C(=O)[C@H](C)OC(=O)c2[nH]c(C)c(C(C)=O)c2C)c1C. The molecule has 0 aliphatic carbocycles. The number of aromatic amines is 2. The zero-order chi connectivity index (χ0) is 21.3. The molecule has 0 saturated carbocycles. The van der Waals surface area contributed by atoms with Gasteiger partial charge in [-0.15, -0.1) is 0 Å². The molecule has 0 spiro atoms. The van der Waals surface area contributed by atoms with Crippen LogP contribution in [0.1, 0.15) is 78.1 Å². The quantitative estimate of drug-likeness (QED) is 0.580. The highest BCUT2D eigenvalue weighted by atomic mass is 16.5. The molecule has 8 nitrogen and oxygen atoms in total. The molecule has 0 amide bonds. The molecular weight excluding hydrogens is 364 g/mol. The van der Waals surface area contributed by atoms with Crippen molar-refractivity contribution in [2.75, 3.05) is 7.11 Å². The lowest BCUT2D eigenvalue weighted by Gasteiger charge is -2.12. The van der Waals surface area contributed by atoms with Crippen molar-refractivity contribution in [1.29, 1.82) is 0 Å². The van der Waals surface area contributed by atoms with E-state index in [0.717, 1.165) is 0 Å². The standard InChI is InChI=1S/C20H24N2O6/c1-8-14(12(5)23)10(3)22-17(8)20(26)28-13(6)18(24)16-9(2)15(11(4)21-16)19(25)27-7/h13,21-22H,1-7H3/t13-/m0/s1. The van der Waals surface area contributed by atoms with Crippen molar-refractivity contribution < 1.29 is 28.7 Å². The number of hydrogen-bond donors (Lipinski definition) is 2. The number of Topliss-reactive ketones (excluding diaryl/α,β-unsaturated/α-hetero) is 2. The number of H-pyrrole nitrogens is 2. The number of hydrogen-bond acceptors (Lipinski definition) is 6. The van der Waals surface area contributed by atoms with Gasteiger partial charge in [-0.2, -0.15) is 0 Å². The summed E-state index contributed by atoms with van der Waals surface area (Å²) in [5.41, 5.74) is 3.01. The molecule has 0 aliphatic rings. The van der Waals surface area contributed by atoms with Crippen molar-refractivity contribution in [1.82, 2.24) is 9.97 Å². The molecule has 0 aromatic carbocycles. The summed E-state index contributed by atoms with van der Waals surface area (Å²) in [6, 6.07) is 0. The third-order valence-electron chi connectivity index (χ3n) is 4.72. The molecule has 8 heteroatoms. The second-order valence-corrected chi connectivity index (χ2v) is 6.71. The second kappa shape index (κ2) is 7.84. The molecule has 2 rings (SSSR count). The summed E-state index contributed by atoms with van der Waals surface area (Å²) < 4.78 is 10.0.